The molecule has 0 fully saturated rings. The number of methoxy groups -OCH3 is 1. The highest BCUT2D eigenvalue weighted by Gasteiger charge is 2.24. The lowest BCUT2D eigenvalue weighted by atomic mass is 10.0. The quantitative estimate of drug-likeness (QED) is 0.465. The lowest BCUT2D eigenvalue weighted by Crippen LogP contribution is -2.45. The fourth-order valence-electron chi connectivity index (χ4n) is 2.75. The average Bonchev–Trinajstić information content (AvgIpc) is 2.73. The second-order valence-electron chi connectivity index (χ2n) is 7.29. The number of rotatable bonds is 9. The summed E-state index contributed by atoms with van der Waals surface area (Å²) in [5.74, 6) is -1.66. The van der Waals surface area contributed by atoms with Crippen LogP contribution in [0.15, 0.2) is 58.7 Å². The molecule has 164 valence electrons. The number of benzene rings is 2. The van der Waals surface area contributed by atoms with Gasteiger partial charge in [0.1, 0.15) is 17.5 Å². The molecule has 0 saturated heterocycles. The van der Waals surface area contributed by atoms with E-state index in [1.54, 1.807) is 48.5 Å². The summed E-state index contributed by atoms with van der Waals surface area (Å²) in [6.45, 7) is 3.73. The van der Waals surface area contributed by atoms with Crippen molar-refractivity contribution in [3.63, 3.8) is 0 Å². The molecule has 2 rings (SSSR count). The molecule has 0 unspecified atom stereocenters. The van der Waals surface area contributed by atoms with Crippen LogP contribution in [0.4, 0.5) is 0 Å². The normalized spacial score (nSPS) is 12.2. The van der Waals surface area contributed by atoms with E-state index in [9.17, 15) is 19.5 Å². The fourth-order valence-corrected chi connectivity index (χ4v) is 3.01. The van der Waals surface area contributed by atoms with E-state index in [4.69, 9.17) is 4.74 Å². The van der Waals surface area contributed by atoms with Crippen LogP contribution in [0.25, 0.3) is 6.08 Å². The zero-order valence-corrected chi connectivity index (χ0v) is 19.1. The lowest BCUT2D eigenvalue weighted by Gasteiger charge is -2.18. The Bertz CT molecular complexity index is 953. The summed E-state index contributed by atoms with van der Waals surface area (Å²) in [6.07, 6.45) is 1.76. The first-order valence-corrected chi connectivity index (χ1v) is 10.4. The molecule has 31 heavy (non-hydrogen) atoms. The summed E-state index contributed by atoms with van der Waals surface area (Å²) < 4.78 is 5.95. The third kappa shape index (κ3) is 7.57. The molecule has 0 aliphatic heterocycles. The fraction of sp³-hybridized carbons (Fsp3) is 0.261. The van der Waals surface area contributed by atoms with Crippen molar-refractivity contribution in [1.29, 1.82) is 0 Å². The second kappa shape index (κ2) is 11.3. The van der Waals surface area contributed by atoms with E-state index in [2.05, 4.69) is 26.6 Å². The Morgan fingerprint density at radius 2 is 1.68 bits per heavy atom. The Morgan fingerprint density at radius 1 is 1.06 bits per heavy atom. The standard InChI is InChI=1S/C23H25BrN2O5/c1-14(2)12-20(23(29)30)26-22(28)19(13-15-4-8-17(24)9-5-15)25-21(27)16-6-10-18(31-3)11-7-16/h4-11,13-14,20H,12H2,1-3H3,(H,25,27)(H,26,28)(H,29,30)/b19-13+/t20-/m1/s1. The Morgan fingerprint density at radius 3 is 2.19 bits per heavy atom. The zero-order chi connectivity index (χ0) is 23.0. The van der Waals surface area contributed by atoms with Crippen molar-refractivity contribution >= 4 is 39.8 Å². The first-order valence-electron chi connectivity index (χ1n) is 9.66. The molecule has 0 saturated carbocycles. The topological polar surface area (TPSA) is 105 Å². The molecule has 0 aliphatic rings. The second-order valence-corrected chi connectivity index (χ2v) is 8.20. The van der Waals surface area contributed by atoms with Crippen LogP contribution in [-0.2, 0) is 9.59 Å². The van der Waals surface area contributed by atoms with Crippen molar-refractivity contribution in [1.82, 2.24) is 10.6 Å². The van der Waals surface area contributed by atoms with Crippen LogP contribution in [0.1, 0.15) is 36.2 Å². The van der Waals surface area contributed by atoms with E-state index >= 15 is 0 Å². The van der Waals surface area contributed by atoms with Gasteiger partial charge in [-0.25, -0.2) is 4.79 Å². The number of hydrogen-bond donors (Lipinski definition) is 3. The Balaban J connectivity index is 2.30. The Kier molecular flexibility index (Phi) is 8.81. The van der Waals surface area contributed by atoms with Crippen LogP contribution in [0.3, 0.4) is 0 Å². The highest BCUT2D eigenvalue weighted by atomic mass is 79.9. The number of carboxylic acid groups (broad SMARTS) is 1. The van der Waals surface area contributed by atoms with E-state index in [-0.39, 0.29) is 18.0 Å². The smallest absolute Gasteiger partial charge is 0.326 e. The van der Waals surface area contributed by atoms with Crippen LogP contribution in [0, 0.1) is 5.92 Å². The number of amides is 2. The number of carboxylic acids is 1. The highest BCUT2D eigenvalue weighted by molar-refractivity contribution is 9.10. The van der Waals surface area contributed by atoms with Crippen LogP contribution < -0.4 is 15.4 Å². The van der Waals surface area contributed by atoms with Crippen LogP contribution in [0.5, 0.6) is 5.75 Å². The van der Waals surface area contributed by atoms with Crippen LogP contribution in [-0.4, -0.2) is 36.0 Å². The lowest BCUT2D eigenvalue weighted by molar-refractivity contribution is -0.141. The molecule has 0 heterocycles. The van der Waals surface area contributed by atoms with Crippen molar-refractivity contribution in [2.45, 2.75) is 26.3 Å². The minimum atomic E-state index is -1.13. The molecule has 7 nitrogen and oxygen atoms in total. The van der Waals surface area contributed by atoms with Gasteiger partial charge in [0.15, 0.2) is 0 Å². The van der Waals surface area contributed by atoms with E-state index in [0.29, 0.717) is 16.9 Å². The Labute approximate surface area is 189 Å². The maximum atomic E-state index is 12.9. The van der Waals surface area contributed by atoms with Crippen LogP contribution >= 0.6 is 15.9 Å². The molecule has 2 aromatic carbocycles. The molecule has 0 radical (unpaired) electrons. The summed E-state index contributed by atoms with van der Waals surface area (Å²) >= 11 is 3.35. The van der Waals surface area contributed by atoms with Crippen LogP contribution in [0.2, 0.25) is 0 Å². The van der Waals surface area contributed by atoms with Crippen molar-refractivity contribution in [3.8, 4) is 5.75 Å². The third-order valence-electron chi connectivity index (χ3n) is 4.34. The summed E-state index contributed by atoms with van der Waals surface area (Å²) in [6, 6.07) is 12.5. The van der Waals surface area contributed by atoms with Gasteiger partial charge in [-0.1, -0.05) is 41.9 Å². The maximum Gasteiger partial charge on any atom is 0.326 e. The van der Waals surface area contributed by atoms with Gasteiger partial charge in [0.25, 0.3) is 11.8 Å². The minimum Gasteiger partial charge on any atom is -0.497 e. The molecule has 2 aromatic rings. The van der Waals surface area contributed by atoms with Gasteiger partial charge in [-0.3, -0.25) is 9.59 Å². The number of halogens is 1. The number of aliphatic carboxylic acids is 1. The van der Waals surface area contributed by atoms with Gasteiger partial charge < -0.3 is 20.5 Å². The number of carbonyl (C=O) groups excluding carboxylic acids is 2. The molecule has 3 N–H and O–H groups in total. The van der Waals surface area contributed by atoms with Gasteiger partial charge in [0.05, 0.1) is 7.11 Å². The molecular formula is C23H25BrN2O5. The van der Waals surface area contributed by atoms with E-state index in [1.165, 1.54) is 13.2 Å². The predicted octanol–water partition coefficient (Wildman–Crippen LogP) is 3.84. The number of carbonyl (C=O) groups is 3. The first-order chi connectivity index (χ1) is 14.7. The van der Waals surface area contributed by atoms with Gasteiger partial charge in [0.2, 0.25) is 0 Å². The average molecular weight is 489 g/mol. The maximum absolute atomic E-state index is 12.9. The molecule has 0 aromatic heterocycles. The number of hydrogen-bond acceptors (Lipinski definition) is 4. The third-order valence-corrected chi connectivity index (χ3v) is 4.87. The van der Waals surface area contributed by atoms with E-state index in [0.717, 1.165) is 4.47 Å². The summed E-state index contributed by atoms with van der Waals surface area (Å²) in [5, 5.41) is 14.5. The van der Waals surface area contributed by atoms with Gasteiger partial charge in [0, 0.05) is 10.0 Å². The van der Waals surface area contributed by atoms with Gasteiger partial charge in [-0.05, 0) is 60.4 Å². The predicted molar refractivity (Wildman–Crippen MR) is 122 cm³/mol. The van der Waals surface area contributed by atoms with Crippen molar-refractivity contribution < 1.29 is 24.2 Å². The number of nitrogens with one attached hydrogen (secondary N) is 2. The summed E-state index contributed by atoms with van der Waals surface area (Å²) in [7, 11) is 1.52. The highest BCUT2D eigenvalue weighted by Crippen LogP contribution is 2.15. The largest absolute Gasteiger partial charge is 0.497 e. The minimum absolute atomic E-state index is 0.0573. The van der Waals surface area contributed by atoms with E-state index < -0.39 is 23.8 Å². The monoisotopic (exact) mass is 488 g/mol. The molecule has 8 heteroatoms. The van der Waals surface area contributed by atoms with E-state index in [1.807, 2.05) is 13.8 Å². The number of ether oxygens (including phenoxy) is 1. The van der Waals surface area contributed by atoms with Crippen molar-refractivity contribution in [2.24, 2.45) is 5.92 Å². The van der Waals surface area contributed by atoms with Gasteiger partial charge in [-0.2, -0.15) is 0 Å². The molecule has 0 bridgehead atoms. The summed E-state index contributed by atoms with van der Waals surface area (Å²) in [4.78, 5) is 37.2. The first kappa shape index (κ1) is 24.1. The molecule has 2 amide bonds. The molecule has 0 aliphatic carbocycles. The Hall–Kier alpha value is -3.13. The molecular weight excluding hydrogens is 464 g/mol. The summed E-state index contributed by atoms with van der Waals surface area (Å²) in [5.41, 5.74) is 0.935. The van der Waals surface area contributed by atoms with Gasteiger partial charge in [-0.15, -0.1) is 0 Å². The SMILES string of the molecule is COc1ccc(C(=O)N/C(=C/c2ccc(Br)cc2)C(=O)N[C@H](CC(C)C)C(=O)O)cc1. The van der Waals surface area contributed by atoms with Gasteiger partial charge >= 0.3 is 5.97 Å². The molecule has 0 spiro atoms. The van der Waals surface area contributed by atoms with Crippen molar-refractivity contribution in [3.05, 3.63) is 69.8 Å². The zero-order valence-electron chi connectivity index (χ0n) is 17.5. The molecule has 1 atom stereocenters. The van der Waals surface area contributed by atoms with Crippen molar-refractivity contribution in [2.75, 3.05) is 7.11 Å².